The summed E-state index contributed by atoms with van der Waals surface area (Å²) in [6.45, 7) is -0.0695. The van der Waals surface area contributed by atoms with Gasteiger partial charge in [-0.3, -0.25) is 4.57 Å². The van der Waals surface area contributed by atoms with Crippen LogP contribution < -0.4 is 11.5 Å². The van der Waals surface area contributed by atoms with E-state index < -0.39 is 11.3 Å². The van der Waals surface area contributed by atoms with E-state index in [1.165, 1.54) is 6.07 Å². The molecule has 18 heavy (non-hydrogen) atoms. The van der Waals surface area contributed by atoms with E-state index in [1.54, 1.807) is 12.1 Å². The minimum Gasteiger partial charge on any atom is -0.408 e. The molecular weight excluding hydrogens is 269 g/mol. The van der Waals surface area contributed by atoms with Gasteiger partial charge in [0.25, 0.3) is 0 Å². The Morgan fingerprint density at radius 2 is 2.11 bits per heavy atom. The van der Waals surface area contributed by atoms with Gasteiger partial charge in [-0.05, 0) is 23.9 Å². The highest BCUT2D eigenvalue weighted by Crippen LogP contribution is 2.30. The highest BCUT2D eigenvalue weighted by Gasteiger charge is 2.27. The molecule has 98 valence electrons. The van der Waals surface area contributed by atoms with Gasteiger partial charge in [-0.1, -0.05) is 0 Å². The van der Waals surface area contributed by atoms with Gasteiger partial charge >= 0.3 is 11.3 Å². The maximum absolute atomic E-state index is 12.0. The lowest BCUT2D eigenvalue weighted by atomic mass is 10.3. The molecule has 0 aliphatic carbocycles. The third-order valence-electron chi connectivity index (χ3n) is 2.27. The third kappa shape index (κ3) is 2.81. The van der Waals surface area contributed by atoms with Crippen LogP contribution in [-0.4, -0.2) is 15.8 Å². The van der Waals surface area contributed by atoms with Crippen LogP contribution >= 0.6 is 11.8 Å². The van der Waals surface area contributed by atoms with Crippen molar-refractivity contribution in [2.24, 2.45) is 0 Å². The average molecular weight is 278 g/mol. The molecule has 2 N–H and O–H groups in total. The SMILES string of the molecule is Nc1ccc2c(c1)oc(=O)n2CCSC(F)(F)F. The molecule has 2 aromatic rings. The van der Waals surface area contributed by atoms with Crippen molar-refractivity contribution < 1.29 is 17.6 Å². The van der Waals surface area contributed by atoms with Crippen LogP contribution in [0.25, 0.3) is 11.1 Å². The smallest absolute Gasteiger partial charge is 0.408 e. The number of alkyl halides is 3. The van der Waals surface area contributed by atoms with Crippen LogP contribution in [-0.2, 0) is 6.54 Å². The van der Waals surface area contributed by atoms with Crippen LogP contribution in [0.15, 0.2) is 27.4 Å². The number of anilines is 1. The van der Waals surface area contributed by atoms with Crippen LogP contribution in [0.4, 0.5) is 18.9 Å². The quantitative estimate of drug-likeness (QED) is 0.876. The number of benzene rings is 1. The van der Waals surface area contributed by atoms with Crippen molar-refractivity contribution in [2.75, 3.05) is 11.5 Å². The van der Waals surface area contributed by atoms with Gasteiger partial charge in [0.2, 0.25) is 0 Å². The molecule has 0 bridgehead atoms. The Bertz CT molecular complexity index is 618. The summed E-state index contributed by atoms with van der Waals surface area (Å²) < 4.78 is 42.0. The van der Waals surface area contributed by atoms with E-state index in [-0.39, 0.29) is 29.6 Å². The molecular formula is C10H9F3N2O2S. The lowest BCUT2D eigenvalue weighted by Gasteiger charge is -2.05. The minimum absolute atomic E-state index is 0.0695. The maximum Gasteiger partial charge on any atom is 0.441 e. The lowest BCUT2D eigenvalue weighted by Crippen LogP contribution is -2.16. The van der Waals surface area contributed by atoms with Crippen LogP contribution in [0.1, 0.15) is 0 Å². The van der Waals surface area contributed by atoms with Crippen LogP contribution in [0.5, 0.6) is 0 Å². The Hall–Kier alpha value is -1.57. The average Bonchev–Trinajstić information content (AvgIpc) is 2.52. The molecule has 0 radical (unpaired) electrons. The Morgan fingerprint density at radius 3 is 2.78 bits per heavy atom. The topological polar surface area (TPSA) is 61.2 Å². The summed E-state index contributed by atoms with van der Waals surface area (Å²) in [7, 11) is 0. The number of thioether (sulfide) groups is 1. The van der Waals surface area contributed by atoms with Gasteiger partial charge in [0.15, 0.2) is 5.58 Å². The summed E-state index contributed by atoms with van der Waals surface area (Å²) in [4.78, 5) is 11.5. The zero-order chi connectivity index (χ0) is 13.3. The molecule has 1 heterocycles. The Morgan fingerprint density at radius 1 is 1.39 bits per heavy atom. The van der Waals surface area contributed by atoms with Crippen LogP contribution in [0.2, 0.25) is 0 Å². The number of oxazole rings is 1. The number of aryl methyl sites for hydroxylation is 1. The van der Waals surface area contributed by atoms with E-state index in [9.17, 15) is 18.0 Å². The van der Waals surface area contributed by atoms with Crippen molar-refractivity contribution >= 4 is 28.5 Å². The molecule has 4 nitrogen and oxygen atoms in total. The summed E-state index contributed by atoms with van der Waals surface area (Å²) in [5.41, 5.74) is 2.36. The van der Waals surface area contributed by atoms with Crippen molar-refractivity contribution in [1.82, 2.24) is 4.57 Å². The summed E-state index contributed by atoms with van der Waals surface area (Å²) >= 11 is -0.174. The van der Waals surface area contributed by atoms with Crippen molar-refractivity contribution in [3.05, 3.63) is 28.7 Å². The standard InChI is InChI=1S/C10H9F3N2O2S/c11-10(12,13)18-4-3-15-7-2-1-6(14)5-8(7)17-9(15)16/h1-2,5H,3-4,14H2. The first kappa shape index (κ1) is 12.9. The summed E-state index contributed by atoms with van der Waals surface area (Å²) in [5, 5.41) is 0. The van der Waals surface area contributed by atoms with Gasteiger partial charge in [0.1, 0.15) is 0 Å². The number of nitrogens with two attached hydrogens (primary N) is 1. The fraction of sp³-hybridized carbons (Fsp3) is 0.300. The Balaban J connectivity index is 2.23. The van der Waals surface area contributed by atoms with E-state index in [0.717, 1.165) is 4.57 Å². The zero-order valence-corrected chi connectivity index (χ0v) is 9.85. The Labute approximate surface area is 104 Å². The first-order chi connectivity index (χ1) is 8.37. The second kappa shape index (κ2) is 4.60. The summed E-state index contributed by atoms with van der Waals surface area (Å²) in [6, 6.07) is 4.57. The molecule has 2 rings (SSSR count). The number of rotatable bonds is 3. The fourth-order valence-corrected chi connectivity index (χ4v) is 2.05. The largest absolute Gasteiger partial charge is 0.441 e. The second-order valence-electron chi connectivity index (χ2n) is 3.54. The normalized spacial score (nSPS) is 12.2. The van der Waals surface area contributed by atoms with Crippen molar-refractivity contribution in [3.8, 4) is 0 Å². The molecule has 0 fully saturated rings. The van der Waals surface area contributed by atoms with Crippen molar-refractivity contribution in [2.45, 2.75) is 12.1 Å². The number of halogens is 3. The van der Waals surface area contributed by atoms with Crippen LogP contribution in [0, 0.1) is 0 Å². The van der Waals surface area contributed by atoms with E-state index in [0.29, 0.717) is 11.2 Å². The molecule has 0 saturated carbocycles. The minimum atomic E-state index is -4.30. The monoisotopic (exact) mass is 278 g/mol. The van der Waals surface area contributed by atoms with Crippen molar-refractivity contribution in [3.63, 3.8) is 0 Å². The molecule has 0 amide bonds. The predicted octanol–water partition coefficient (Wildman–Crippen LogP) is 2.43. The molecule has 0 aliphatic rings. The molecule has 0 unspecified atom stereocenters. The molecule has 0 atom stereocenters. The third-order valence-corrected chi connectivity index (χ3v) is 2.99. The number of nitrogens with zero attached hydrogens (tertiary/aromatic N) is 1. The van der Waals surface area contributed by atoms with E-state index in [1.807, 2.05) is 0 Å². The van der Waals surface area contributed by atoms with Gasteiger partial charge in [0, 0.05) is 24.1 Å². The van der Waals surface area contributed by atoms with Crippen molar-refractivity contribution in [1.29, 1.82) is 0 Å². The fourth-order valence-electron chi connectivity index (χ4n) is 1.55. The van der Waals surface area contributed by atoms with Gasteiger partial charge in [-0.2, -0.15) is 13.2 Å². The summed E-state index contributed by atoms with van der Waals surface area (Å²) in [5.74, 6) is -0.930. The van der Waals surface area contributed by atoms with Gasteiger partial charge in [0.05, 0.1) is 5.52 Å². The first-order valence-corrected chi connectivity index (χ1v) is 5.95. The second-order valence-corrected chi connectivity index (χ2v) is 4.70. The first-order valence-electron chi connectivity index (χ1n) is 4.96. The number of aromatic nitrogens is 1. The number of fused-ring (bicyclic) bond motifs is 1. The molecule has 0 saturated heterocycles. The maximum atomic E-state index is 12.0. The van der Waals surface area contributed by atoms with E-state index in [2.05, 4.69) is 0 Å². The molecule has 1 aromatic heterocycles. The zero-order valence-electron chi connectivity index (χ0n) is 9.03. The number of hydrogen-bond donors (Lipinski definition) is 1. The van der Waals surface area contributed by atoms with Crippen LogP contribution in [0.3, 0.4) is 0 Å². The van der Waals surface area contributed by atoms with Gasteiger partial charge in [-0.15, -0.1) is 0 Å². The van der Waals surface area contributed by atoms with Gasteiger partial charge in [-0.25, -0.2) is 4.79 Å². The van der Waals surface area contributed by atoms with E-state index in [4.69, 9.17) is 10.2 Å². The summed E-state index contributed by atoms with van der Waals surface area (Å²) in [6.07, 6.45) is 0. The molecule has 8 heteroatoms. The highest BCUT2D eigenvalue weighted by atomic mass is 32.2. The number of nitrogen functional groups attached to an aromatic ring is 1. The molecule has 0 spiro atoms. The molecule has 0 aliphatic heterocycles. The van der Waals surface area contributed by atoms with Gasteiger partial charge < -0.3 is 10.2 Å². The lowest BCUT2D eigenvalue weighted by molar-refractivity contribution is -0.0328. The van der Waals surface area contributed by atoms with E-state index >= 15 is 0 Å². The molecule has 1 aromatic carbocycles. The number of hydrogen-bond acceptors (Lipinski definition) is 4. The predicted molar refractivity (Wildman–Crippen MR) is 63.4 cm³/mol. The Kier molecular flexibility index (Phi) is 3.29. The highest BCUT2D eigenvalue weighted by molar-refractivity contribution is 8.00.